The van der Waals surface area contributed by atoms with Crippen molar-refractivity contribution < 1.29 is 4.74 Å². The zero-order valence-corrected chi connectivity index (χ0v) is 29.0. The molecule has 0 radical (unpaired) electrons. The number of para-hydroxylation sites is 2. The molecule has 0 bridgehead atoms. The van der Waals surface area contributed by atoms with Crippen LogP contribution in [0.5, 0.6) is 11.5 Å². The molecule has 0 saturated carbocycles. The van der Waals surface area contributed by atoms with E-state index in [1.807, 2.05) is 30.3 Å². The fourth-order valence-electron chi connectivity index (χ4n) is 8.78. The Morgan fingerprint density at radius 2 is 1.15 bits per heavy atom. The second-order valence-corrected chi connectivity index (χ2v) is 14.1. The number of rotatable bonds is 3. The van der Waals surface area contributed by atoms with E-state index in [1.54, 1.807) is 0 Å². The second kappa shape index (κ2) is 11.1. The number of ether oxygens (including phenoxy) is 1. The van der Waals surface area contributed by atoms with Crippen LogP contribution < -0.4 is 4.74 Å². The fourth-order valence-corrected chi connectivity index (χ4v) is 8.78. The van der Waals surface area contributed by atoms with Crippen LogP contribution >= 0.6 is 0 Å². The minimum absolute atomic E-state index is 0.676. The first-order valence-electron chi connectivity index (χ1n) is 18.3. The highest BCUT2D eigenvalue weighted by Gasteiger charge is 2.25. The Morgan fingerprint density at radius 3 is 2.09 bits per heavy atom. The number of benzene rings is 9. The zero-order chi connectivity index (χ0) is 35.3. The van der Waals surface area contributed by atoms with Gasteiger partial charge in [0.15, 0.2) is 5.82 Å². The standard InChI is InChI=1S/C50H29N3O/c1-2-11-30(12-3-1)36-26-28-44-47-48(36)51-50(52-49(47)40-18-7-9-20-43(40)54-44)33-14-10-15-34(29-33)53-41-19-8-6-17-39(41)46-38-24-23-32-22-21-31-13-4-5-16-35(31)45(32)37(38)25-27-42(46)53/h1-29H. The third-order valence-corrected chi connectivity index (χ3v) is 11.2. The molecule has 0 amide bonds. The Morgan fingerprint density at radius 1 is 0.407 bits per heavy atom. The van der Waals surface area contributed by atoms with Crippen molar-refractivity contribution in [2.24, 2.45) is 0 Å². The summed E-state index contributed by atoms with van der Waals surface area (Å²) in [5, 5.41) is 11.0. The summed E-state index contributed by atoms with van der Waals surface area (Å²) in [5.74, 6) is 2.25. The molecular weight excluding hydrogens is 659 g/mol. The van der Waals surface area contributed by atoms with E-state index < -0.39 is 0 Å². The summed E-state index contributed by atoms with van der Waals surface area (Å²) in [6.45, 7) is 0. The van der Waals surface area contributed by atoms with Crippen molar-refractivity contribution in [1.29, 1.82) is 0 Å². The van der Waals surface area contributed by atoms with E-state index in [0.29, 0.717) is 5.82 Å². The predicted molar refractivity (Wildman–Crippen MR) is 223 cm³/mol. The molecule has 250 valence electrons. The molecule has 1 aliphatic heterocycles. The monoisotopic (exact) mass is 687 g/mol. The lowest BCUT2D eigenvalue weighted by Gasteiger charge is -2.22. The number of fused-ring (bicyclic) bond motifs is 11. The van der Waals surface area contributed by atoms with Crippen molar-refractivity contribution in [3.8, 4) is 51.0 Å². The van der Waals surface area contributed by atoms with Crippen molar-refractivity contribution in [3.63, 3.8) is 0 Å². The minimum Gasteiger partial charge on any atom is -0.456 e. The molecule has 0 fully saturated rings. The lowest BCUT2D eigenvalue weighted by Crippen LogP contribution is -2.03. The Kier molecular flexibility index (Phi) is 6.02. The van der Waals surface area contributed by atoms with Crippen LogP contribution in [0.2, 0.25) is 0 Å². The summed E-state index contributed by atoms with van der Waals surface area (Å²) >= 11 is 0. The molecule has 54 heavy (non-hydrogen) atoms. The maximum Gasteiger partial charge on any atom is 0.160 e. The van der Waals surface area contributed by atoms with Crippen LogP contribution in [0.25, 0.3) is 104 Å². The molecule has 0 unspecified atom stereocenters. The van der Waals surface area contributed by atoms with E-state index in [9.17, 15) is 0 Å². The molecule has 0 saturated heterocycles. The third-order valence-electron chi connectivity index (χ3n) is 11.2. The topological polar surface area (TPSA) is 39.9 Å². The lowest BCUT2D eigenvalue weighted by molar-refractivity contribution is 0.486. The van der Waals surface area contributed by atoms with Gasteiger partial charge in [-0.2, -0.15) is 0 Å². The molecule has 0 N–H and O–H groups in total. The summed E-state index contributed by atoms with van der Waals surface area (Å²) in [4.78, 5) is 10.7. The molecule has 1 aliphatic rings. The maximum absolute atomic E-state index is 6.43. The molecule has 12 rings (SSSR count). The first-order chi connectivity index (χ1) is 26.8. The quantitative estimate of drug-likeness (QED) is 0.174. The molecule has 0 atom stereocenters. The van der Waals surface area contributed by atoms with Gasteiger partial charge in [0, 0.05) is 33.2 Å². The van der Waals surface area contributed by atoms with E-state index in [-0.39, 0.29) is 0 Å². The average Bonchev–Trinajstić information content (AvgIpc) is 3.58. The van der Waals surface area contributed by atoms with Crippen LogP contribution in [0.15, 0.2) is 176 Å². The maximum atomic E-state index is 6.43. The molecular formula is C50H29N3O. The predicted octanol–water partition coefficient (Wildman–Crippen LogP) is 13.3. The van der Waals surface area contributed by atoms with Gasteiger partial charge in [-0.05, 0) is 86.4 Å². The van der Waals surface area contributed by atoms with Crippen molar-refractivity contribution in [2.75, 3.05) is 0 Å². The van der Waals surface area contributed by atoms with Crippen LogP contribution in [0, 0.1) is 0 Å². The van der Waals surface area contributed by atoms with Crippen LogP contribution in [-0.2, 0) is 0 Å². The third kappa shape index (κ3) is 4.13. The van der Waals surface area contributed by atoms with Gasteiger partial charge in [0.25, 0.3) is 0 Å². The van der Waals surface area contributed by atoms with E-state index >= 15 is 0 Å². The second-order valence-electron chi connectivity index (χ2n) is 14.1. The SMILES string of the molecule is c1ccc(-c2ccc3c4c(nc(-c5cccc(-n6c7ccccc7c7c8ccc9ccc%10ccccc%10c9c8ccc76)c5)nc24)-c2ccccc2O3)cc1. The van der Waals surface area contributed by atoms with Gasteiger partial charge in [0.1, 0.15) is 11.5 Å². The molecule has 0 aliphatic carbocycles. The molecule has 2 aromatic heterocycles. The summed E-state index contributed by atoms with van der Waals surface area (Å²) in [6.07, 6.45) is 0. The van der Waals surface area contributed by atoms with E-state index in [0.717, 1.165) is 67.1 Å². The molecule has 0 spiro atoms. The van der Waals surface area contributed by atoms with Gasteiger partial charge in [-0.15, -0.1) is 0 Å². The molecule has 4 heteroatoms. The first kappa shape index (κ1) is 29.3. The zero-order valence-electron chi connectivity index (χ0n) is 29.0. The molecule has 11 aromatic rings. The highest BCUT2D eigenvalue weighted by Crippen LogP contribution is 2.48. The fraction of sp³-hybridized carbons (Fsp3) is 0. The first-order valence-corrected chi connectivity index (χ1v) is 18.3. The lowest BCUT2D eigenvalue weighted by atomic mass is 9.94. The Labute approximate surface area is 310 Å². The van der Waals surface area contributed by atoms with Gasteiger partial charge in [0.05, 0.1) is 27.6 Å². The smallest absolute Gasteiger partial charge is 0.160 e. The van der Waals surface area contributed by atoms with Crippen LogP contribution in [0.3, 0.4) is 0 Å². The highest BCUT2D eigenvalue weighted by atomic mass is 16.5. The van der Waals surface area contributed by atoms with E-state index in [4.69, 9.17) is 14.7 Å². The summed E-state index contributed by atoms with van der Waals surface area (Å²) in [5.41, 5.74) is 9.21. The van der Waals surface area contributed by atoms with Gasteiger partial charge in [-0.25, -0.2) is 9.97 Å². The normalized spacial score (nSPS) is 12.2. The van der Waals surface area contributed by atoms with Crippen LogP contribution in [0.1, 0.15) is 0 Å². The highest BCUT2D eigenvalue weighted by molar-refractivity contribution is 6.29. The van der Waals surface area contributed by atoms with Crippen LogP contribution in [0.4, 0.5) is 0 Å². The van der Waals surface area contributed by atoms with Crippen molar-refractivity contribution in [3.05, 3.63) is 176 Å². The number of nitrogens with zero attached hydrogens (tertiary/aromatic N) is 3. The van der Waals surface area contributed by atoms with Gasteiger partial charge < -0.3 is 9.30 Å². The Bertz CT molecular complexity index is 3360. The van der Waals surface area contributed by atoms with Crippen molar-refractivity contribution in [2.45, 2.75) is 0 Å². The summed E-state index contributed by atoms with van der Waals surface area (Å²) < 4.78 is 8.82. The van der Waals surface area contributed by atoms with Gasteiger partial charge >= 0.3 is 0 Å². The van der Waals surface area contributed by atoms with Crippen molar-refractivity contribution in [1.82, 2.24) is 14.5 Å². The van der Waals surface area contributed by atoms with E-state index in [1.165, 1.54) is 43.1 Å². The van der Waals surface area contributed by atoms with Gasteiger partial charge in [0.2, 0.25) is 0 Å². The van der Waals surface area contributed by atoms with Crippen molar-refractivity contribution >= 4 is 65.0 Å². The summed E-state index contributed by atoms with van der Waals surface area (Å²) in [6, 6.07) is 62.5. The minimum atomic E-state index is 0.676. The Hall–Kier alpha value is -7.30. The molecule has 9 aromatic carbocycles. The van der Waals surface area contributed by atoms with Gasteiger partial charge in [-0.3, -0.25) is 0 Å². The number of hydrogen-bond acceptors (Lipinski definition) is 3. The summed E-state index contributed by atoms with van der Waals surface area (Å²) in [7, 11) is 0. The average molecular weight is 688 g/mol. The number of hydrogen-bond donors (Lipinski definition) is 0. The van der Waals surface area contributed by atoms with Crippen LogP contribution in [-0.4, -0.2) is 14.5 Å². The molecule has 4 nitrogen and oxygen atoms in total. The van der Waals surface area contributed by atoms with E-state index in [2.05, 4.69) is 150 Å². The largest absolute Gasteiger partial charge is 0.456 e. The van der Waals surface area contributed by atoms with Gasteiger partial charge in [-0.1, -0.05) is 127 Å². The number of aromatic nitrogens is 3. The Balaban J connectivity index is 1.11. The molecule has 3 heterocycles.